The number of halogens is 1. The van der Waals surface area contributed by atoms with Crippen molar-refractivity contribution in [2.75, 3.05) is 31.1 Å². The fourth-order valence-electron chi connectivity index (χ4n) is 2.23. The molecule has 2 rings (SSSR count). The number of anilines is 1. The van der Waals surface area contributed by atoms with E-state index in [2.05, 4.69) is 43.0 Å². The summed E-state index contributed by atoms with van der Waals surface area (Å²) in [6.07, 6.45) is 6.17. The lowest BCUT2D eigenvalue weighted by atomic mass is 9.98. The molecule has 0 radical (unpaired) electrons. The molecule has 1 atom stereocenters. The highest BCUT2D eigenvalue weighted by atomic mass is 79.9. The van der Waals surface area contributed by atoms with Crippen LogP contribution in [0.3, 0.4) is 0 Å². The van der Waals surface area contributed by atoms with E-state index in [1.165, 1.54) is 12.8 Å². The zero-order valence-electron chi connectivity index (χ0n) is 10.2. The van der Waals surface area contributed by atoms with Crippen molar-refractivity contribution in [3.05, 3.63) is 16.9 Å². The Morgan fingerprint density at radius 2 is 2.24 bits per heavy atom. The molecule has 2 heterocycles. The molecule has 1 fully saturated rings. The van der Waals surface area contributed by atoms with Crippen molar-refractivity contribution in [1.29, 1.82) is 0 Å². The molecule has 1 saturated heterocycles. The van der Waals surface area contributed by atoms with Gasteiger partial charge in [0.2, 0.25) is 5.95 Å². The van der Waals surface area contributed by atoms with Gasteiger partial charge in [0.05, 0.1) is 4.47 Å². The van der Waals surface area contributed by atoms with Crippen LogP contribution >= 0.6 is 15.9 Å². The van der Waals surface area contributed by atoms with Crippen LogP contribution in [0.1, 0.15) is 19.8 Å². The lowest BCUT2D eigenvalue weighted by Gasteiger charge is -2.32. The normalized spacial score (nSPS) is 20.6. The van der Waals surface area contributed by atoms with E-state index in [-0.39, 0.29) is 0 Å². The Labute approximate surface area is 111 Å². The summed E-state index contributed by atoms with van der Waals surface area (Å²) in [5.41, 5.74) is 0. The monoisotopic (exact) mass is 298 g/mol. The molecule has 5 heteroatoms. The van der Waals surface area contributed by atoms with Crippen LogP contribution in [-0.4, -0.2) is 36.1 Å². The Balaban J connectivity index is 1.94. The number of hydrogen-bond donors (Lipinski definition) is 1. The average molecular weight is 299 g/mol. The second kappa shape index (κ2) is 6.31. The molecule has 1 aromatic rings. The van der Waals surface area contributed by atoms with Crippen LogP contribution in [-0.2, 0) is 0 Å². The number of nitrogens with zero attached hydrogens (tertiary/aromatic N) is 3. The van der Waals surface area contributed by atoms with Gasteiger partial charge in [-0.3, -0.25) is 0 Å². The first-order valence-corrected chi connectivity index (χ1v) is 7.02. The fraction of sp³-hybridized carbons (Fsp3) is 0.667. The van der Waals surface area contributed by atoms with E-state index in [9.17, 15) is 0 Å². The molecular formula is C12H19BrN4. The lowest BCUT2D eigenvalue weighted by Crippen LogP contribution is -2.40. The molecule has 0 aliphatic carbocycles. The van der Waals surface area contributed by atoms with Crippen LogP contribution in [0, 0.1) is 5.92 Å². The third-order valence-electron chi connectivity index (χ3n) is 3.09. The molecule has 0 saturated carbocycles. The summed E-state index contributed by atoms with van der Waals surface area (Å²) in [6, 6.07) is 0. The van der Waals surface area contributed by atoms with Crippen LogP contribution in [0.4, 0.5) is 5.95 Å². The van der Waals surface area contributed by atoms with Crippen molar-refractivity contribution >= 4 is 21.9 Å². The zero-order chi connectivity index (χ0) is 12.1. The van der Waals surface area contributed by atoms with Crippen LogP contribution in [0.15, 0.2) is 16.9 Å². The van der Waals surface area contributed by atoms with Crippen molar-refractivity contribution in [2.24, 2.45) is 5.92 Å². The molecule has 0 spiro atoms. The summed E-state index contributed by atoms with van der Waals surface area (Å²) in [4.78, 5) is 11.0. The molecule has 1 unspecified atom stereocenters. The largest absolute Gasteiger partial charge is 0.341 e. The summed E-state index contributed by atoms with van der Waals surface area (Å²) in [5, 5.41) is 3.42. The second-order valence-corrected chi connectivity index (χ2v) is 5.38. The Kier molecular flexibility index (Phi) is 4.74. The maximum absolute atomic E-state index is 4.36. The van der Waals surface area contributed by atoms with E-state index < -0.39 is 0 Å². The van der Waals surface area contributed by atoms with E-state index >= 15 is 0 Å². The van der Waals surface area contributed by atoms with E-state index in [1.54, 1.807) is 0 Å². The summed E-state index contributed by atoms with van der Waals surface area (Å²) >= 11 is 3.36. The van der Waals surface area contributed by atoms with Gasteiger partial charge >= 0.3 is 0 Å². The Morgan fingerprint density at radius 3 is 2.94 bits per heavy atom. The van der Waals surface area contributed by atoms with Gasteiger partial charge in [-0.2, -0.15) is 0 Å². The molecule has 0 amide bonds. The van der Waals surface area contributed by atoms with Gasteiger partial charge in [0.1, 0.15) is 0 Å². The summed E-state index contributed by atoms with van der Waals surface area (Å²) < 4.78 is 0.933. The molecule has 4 nitrogen and oxygen atoms in total. The SMILES string of the molecule is CCNCC1CCCN(c2ncc(Br)cn2)C1. The molecule has 17 heavy (non-hydrogen) atoms. The van der Waals surface area contributed by atoms with Crippen molar-refractivity contribution in [3.8, 4) is 0 Å². The molecule has 0 bridgehead atoms. The minimum atomic E-state index is 0.718. The molecule has 1 aliphatic rings. The first-order chi connectivity index (χ1) is 8.29. The molecule has 94 valence electrons. The van der Waals surface area contributed by atoms with Gasteiger partial charge in [-0.1, -0.05) is 6.92 Å². The molecular weight excluding hydrogens is 280 g/mol. The topological polar surface area (TPSA) is 41.0 Å². The average Bonchev–Trinajstić information content (AvgIpc) is 2.37. The van der Waals surface area contributed by atoms with Gasteiger partial charge in [0.25, 0.3) is 0 Å². The second-order valence-electron chi connectivity index (χ2n) is 4.46. The third kappa shape index (κ3) is 3.64. The van der Waals surface area contributed by atoms with Gasteiger partial charge in [-0.15, -0.1) is 0 Å². The highest BCUT2D eigenvalue weighted by Crippen LogP contribution is 2.20. The third-order valence-corrected chi connectivity index (χ3v) is 3.50. The predicted octanol–water partition coefficient (Wildman–Crippen LogP) is 2.06. The van der Waals surface area contributed by atoms with Crippen LogP contribution in [0.2, 0.25) is 0 Å². The maximum Gasteiger partial charge on any atom is 0.225 e. The van der Waals surface area contributed by atoms with Gasteiger partial charge in [0.15, 0.2) is 0 Å². The molecule has 0 aromatic carbocycles. The minimum absolute atomic E-state index is 0.718. The van der Waals surface area contributed by atoms with E-state index in [0.717, 1.165) is 42.5 Å². The van der Waals surface area contributed by atoms with Crippen LogP contribution < -0.4 is 10.2 Å². The van der Waals surface area contributed by atoms with Gasteiger partial charge in [-0.05, 0) is 47.8 Å². The first kappa shape index (κ1) is 12.8. The maximum atomic E-state index is 4.36. The first-order valence-electron chi connectivity index (χ1n) is 6.22. The van der Waals surface area contributed by atoms with Crippen molar-refractivity contribution in [3.63, 3.8) is 0 Å². The van der Waals surface area contributed by atoms with Gasteiger partial charge in [-0.25, -0.2) is 9.97 Å². The molecule has 1 aliphatic heterocycles. The molecule has 1 aromatic heterocycles. The fourth-order valence-corrected chi connectivity index (χ4v) is 2.44. The number of hydrogen-bond acceptors (Lipinski definition) is 4. The Bertz CT molecular complexity index is 341. The summed E-state index contributed by atoms with van der Waals surface area (Å²) in [6.45, 7) is 6.44. The Hall–Kier alpha value is -0.680. The summed E-state index contributed by atoms with van der Waals surface area (Å²) in [5.74, 6) is 1.57. The minimum Gasteiger partial charge on any atom is -0.341 e. The molecule has 1 N–H and O–H groups in total. The van der Waals surface area contributed by atoms with Crippen molar-refractivity contribution < 1.29 is 0 Å². The van der Waals surface area contributed by atoms with E-state index in [0.29, 0.717) is 0 Å². The number of nitrogens with one attached hydrogen (secondary N) is 1. The lowest BCUT2D eigenvalue weighted by molar-refractivity contribution is 0.392. The highest BCUT2D eigenvalue weighted by molar-refractivity contribution is 9.10. The van der Waals surface area contributed by atoms with Crippen LogP contribution in [0.25, 0.3) is 0 Å². The van der Waals surface area contributed by atoms with E-state index in [4.69, 9.17) is 0 Å². The van der Waals surface area contributed by atoms with Crippen molar-refractivity contribution in [1.82, 2.24) is 15.3 Å². The van der Waals surface area contributed by atoms with Crippen molar-refractivity contribution in [2.45, 2.75) is 19.8 Å². The summed E-state index contributed by atoms with van der Waals surface area (Å²) in [7, 11) is 0. The number of piperidine rings is 1. The predicted molar refractivity (Wildman–Crippen MR) is 73.2 cm³/mol. The van der Waals surface area contributed by atoms with Gasteiger partial charge < -0.3 is 10.2 Å². The standard InChI is InChI=1S/C12H19BrN4/c1-2-14-6-10-4-3-5-17(9-10)12-15-7-11(13)8-16-12/h7-8,10,14H,2-6,9H2,1H3. The smallest absolute Gasteiger partial charge is 0.225 e. The van der Waals surface area contributed by atoms with E-state index in [1.807, 2.05) is 12.4 Å². The zero-order valence-corrected chi connectivity index (χ0v) is 11.8. The van der Waals surface area contributed by atoms with Crippen LogP contribution in [0.5, 0.6) is 0 Å². The quantitative estimate of drug-likeness (QED) is 0.924. The number of aromatic nitrogens is 2. The Morgan fingerprint density at radius 1 is 1.47 bits per heavy atom. The number of rotatable bonds is 4. The van der Waals surface area contributed by atoms with Gasteiger partial charge in [0, 0.05) is 25.5 Å². The highest BCUT2D eigenvalue weighted by Gasteiger charge is 2.21.